The second-order valence-electron chi connectivity index (χ2n) is 16.4. The van der Waals surface area contributed by atoms with E-state index in [-0.39, 0.29) is 5.41 Å². The second-order valence-corrected chi connectivity index (χ2v) is 16.4. The summed E-state index contributed by atoms with van der Waals surface area (Å²) in [6, 6.07) is 48.4. The predicted molar refractivity (Wildman–Crippen MR) is 227 cm³/mol. The van der Waals surface area contributed by atoms with Crippen LogP contribution in [0.3, 0.4) is 0 Å². The molecule has 1 nitrogen and oxygen atoms in total. The lowest BCUT2D eigenvalue weighted by atomic mass is 9.70. The number of nitrogens with zero attached hydrogens (tertiary/aromatic N) is 1. The Kier molecular flexibility index (Phi) is 7.05. The van der Waals surface area contributed by atoms with Crippen molar-refractivity contribution >= 4 is 21.8 Å². The molecule has 0 amide bonds. The van der Waals surface area contributed by atoms with Crippen molar-refractivity contribution in [3.05, 3.63) is 198 Å². The average molecular weight is 694 g/mol. The molecule has 3 atom stereocenters. The van der Waals surface area contributed by atoms with E-state index in [1.165, 1.54) is 83.1 Å². The Labute approximate surface area is 318 Å². The molecule has 0 fully saturated rings. The summed E-state index contributed by atoms with van der Waals surface area (Å²) >= 11 is 0. The Morgan fingerprint density at radius 1 is 0.556 bits per heavy atom. The summed E-state index contributed by atoms with van der Waals surface area (Å²) in [5.41, 5.74) is 19.0. The van der Waals surface area contributed by atoms with E-state index in [0.29, 0.717) is 17.8 Å². The molecule has 1 heterocycles. The van der Waals surface area contributed by atoms with Crippen LogP contribution in [0.4, 0.5) is 0 Å². The Hall–Kier alpha value is -5.92. The van der Waals surface area contributed by atoms with E-state index in [0.717, 1.165) is 19.3 Å². The number of fused-ring (bicyclic) bond motifs is 9. The Bertz CT molecular complexity index is 2790. The van der Waals surface area contributed by atoms with E-state index < -0.39 is 0 Å². The van der Waals surface area contributed by atoms with Gasteiger partial charge in [-0.05, 0) is 123 Å². The molecule has 0 spiro atoms. The summed E-state index contributed by atoms with van der Waals surface area (Å²) in [5, 5.41) is 2.58. The minimum Gasteiger partial charge on any atom is -0.309 e. The molecule has 7 aromatic rings. The molecule has 0 bridgehead atoms. The fourth-order valence-electron chi connectivity index (χ4n) is 10.4. The van der Waals surface area contributed by atoms with Gasteiger partial charge in [0.25, 0.3) is 0 Å². The molecule has 6 aromatic carbocycles. The van der Waals surface area contributed by atoms with E-state index in [2.05, 4.69) is 188 Å². The first kappa shape index (κ1) is 31.6. The first-order valence-electron chi connectivity index (χ1n) is 19.7. The molecular formula is C53H43N. The van der Waals surface area contributed by atoms with Crippen LogP contribution in [0.1, 0.15) is 54.9 Å². The monoisotopic (exact) mass is 693 g/mol. The summed E-state index contributed by atoms with van der Waals surface area (Å²) in [4.78, 5) is 0. The maximum Gasteiger partial charge on any atom is 0.0541 e. The molecule has 4 aliphatic rings. The van der Waals surface area contributed by atoms with Crippen molar-refractivity contribution in [1.82, 2.24) is 4.57 Å². The summed E-state index contributed by atoms with van der Waals surface area (Å²) in [6.45, 7) is 4.71. The van der Waals surface area contributed by atoms with Crippen molar-refractivity contribution in [2.24, 2.45) is 11.8 Å². The molecule has 260 valence electrons. The van der Waals surface area contributed by atoms with Crippen LogP contribution in [0.5, 0.6) is 0 Å². The summed E-state index contributed by atoms with van der Waals surface area (Å²) in [6.07, 6.45) is 19.6. The second kappa shape index (κ2) is 12.1. The van der Waals surface area contributed by atoms with Gasteiger partial charge in [0.05, 0.1) is 11.0 Å². The van der Waals surface area contributed by atoms with Gasteiger partial charge in [0.1, 0.15) is 0 Å². The predicted octanol–water partition coefficient (Wildman–Crippen LogP) is 13.7. The molecule has 3 unspecified atom stereocenters. The Morgan fingerprint density at radius 3 is 2.22 bits per heavy atom. The highest BCUT2D eigenvalue weighted by atomic mass is 15.0. The van der Waals surface area contributed by atoms with Crippen molar-refractivity contribution < 1.29 is 0 Å². The van der Waals surface area contributed by atoms with E-state index in [4.69, 9.17) is 0 Å². The van der Waals surface area contributed by atoms with Crippen LogP contribution in [0, 0.1) is 11.8 Å². The zero-order valence-electron chi connectivity index (χ0n) is 31.0. The van der Waals surface area contributed by atoms with Gasteiger partial charge < -0.3 is 4.57 Å². The lowest BCUT2D eigenvalue weighted by Crippen LogP contribution is -2.20. The number of allylic oxidation sites excluding steroid dienone is 8. The van der Waals surface area contributed by atoms with Crippen LogP contribution in [-0.4, -0.2) is 4.57 Å². The highest BCUT2D eigenvalue weighted by Crippen LogP contribution is 2.50. The molecule has 0 saturated heterocycles. The Morgan fingerprint density at radius 2 is 1.31 bits per heavy atom. The molecule has 4 aliphatic carbocycles. The van der Waals surface area contributed by atoms with E-state index >= 15 is 0 Å². The number of aromatic nitrogens is 1. The third kappa shape index (κ3) is 4.77. The highest BCUT2D eigenvalue weighted by Gasteiger charge is 2.35. The van der Waals surface area contributed by atoms with Crippen LogP contribution >= 0.6 is 0 Å². The summed E-state index contributed by atoms with van der Waals surface area (Å²) < 4.78 is 2.47. The van der Waals surface area contributed by atoms with E-state index in [1.807, 2.05) is 0 Å². The molecule has 0 N–H and O–H groups in total. The Balaban J connectivity index is 0.974. The molecular weight excluding hydrogens is 651 g/mol. The van der Waals surface area contributed by atoms with Gasteiger partial charge in [0, 0.05) is 27.8 Å². The van der Waals surface area contributed by atoms with Crippen molar-refractivity contribution in [3.8, 4) is 39.1 Å². The first-order valence-corrected chi connectivity index (χ1v) is 19.7. The lowest BCUT2D eigenvalue weighted by Gasteiger charge is -2.34. The fourth-order valence-corrected chi connectivity index (χ4v) is 10.4. The van der Waals surface area contributed by atoms with Crippen molar-refractivity contribution in [1.29, 1.82) is 0 Å². The zero-order valence-corrected chi connectivity index (χ0v) is 31.0. The molecule has 0 aliphatic heterocycles. The molecule has 1 aromatic heterocycles. The van der Waals surface area contributed by atoms with Crippen molar-refractivity contribution in [3.63, 3.8) is 0 Å². The third-order valence-electron chi connectivity index (χ3n) is 13.1. The standard InChI is InChI=1S/C53H43N/c1-53(2)49-21-10-8-19-43(49)47-33-40(26-27-50(47)53)54-51-22-11-9-20-44(51)48-31-37(25-28-52(48)54)36-23-24-39-32-46(42-18-7-6-17-41(42)45(39)30-36)38-16-12-15-35(29-38)34-13-4-3-5-14-34/h3-13,15-28,30-31,33-35,46H,14,29,32H2,1-2H3. The van der Waals surface area contributed by atoms with Crippen LogP contribution in [0.2, 0.25) is 0 Å². The fraction of sp³-hybridized carbons (Fsp3) is 0.170. The largest absolute Gasteiger partial charge is 0.309 e. The number of para-hydroxylation sites is 1. The van der Waals surface area contributed by atoms with Gasteiger partial charge >= 0.3 is 0 Å². The van der Waals surface area contributed by atoms with Crippen LogP contribution in [-0.2, 0) is 11.8 Å². The van der Waals surface area contributed by atoms with Gasteiger partial charge in [-0.25, -0.2) is 0 Å². The maximum absolute atomic E-state index is 2.47. The first-order chi connectivity index (χ1) is 26.5. The number of hydrogen-bond donors (Lipinski definition) is 0. The molecule has 1 heteroatoms. The average Bonchev–Trinajstić information content (AvgIpc) is 3.68. The maximum atomic E-state index is 2.47. The van der Waals surface area contributed by atoms with Crippen LogP contribution < -0.4 is 0 Å². The number of rotatable bonds is 4. The van der Waals surface area contributed by atoms with Crippen LogP contribution in [0.25, 0.3) is 60.9 Å². The molecule has 11 rings (SSSR count). The van der Waals surface area contributed by atoms with Gasteiger partial charge in [-0.2, -0.15) is 0 Å². The van der Waals surface area contributed by atoms with Gasteiger partial charge in [-0.15, -0.1) is 0 Å². The topological polar surface area (TPSA) is 4.93 Å². The highest BCUT2D eigenvalue weighted by molar-refractivity contribution is 6.10. The number of benzene rings is 6. The summed E-state index contributed by atoms with van der Waals surface area (Å²) in [7, 11) is 0. The van der Waals surface area contributed by atoms with Gasteiger partial charge in [0.2, 0.25) is 0 Å². The minimum absolute atomic E-state index is 0.00556. The van der Waals surface area contributed by atoms with Crippen LogP contribution in [0.15, 0.2) is 175 Å². The quantitative estimate of drug-likeness (QED) is 0.173. The number of hydrogen-bond acceptors (Lipinski definition) is 0. The van der Waals surface area contributed by atoms with Gasteiger partial charge in [-0.1, -0.05) is 153 Å². The molecule has 0 saturated carbocycles. The zero-order chi connectivity index (χ0) is 36.0. The normalized spacial score (nSPS) is 20.4. The summed E-state index contributed by atoms with van der Waals surface area (Å²) in [5.74, 6) is 1.57. The minimum atomic E-state index is -0.00556. The molecule has 54 heavy (non-hydrogen) atoms. The van der Waals surface area contributed by atoms with Gasteiger partial charge in [0.15, 0.2) is 0 Å². The van der Waals surface area contributed by atoms with Crippen molar-refractivity contribution in [2.75, 3.05) is 0 Å². The van der Waals surface area contributed by atoms with E-state index in [1.54, 1.807) is 5.57 Å². The third-order valence-corrected chi connectivity index (χ3v) is 13.1. The smallest absolute Gasteiger partial charge is 0.0541 e. The van der Waals surface area contributed by atoms with E-state index in [9.17, 15) is 0 Å². The van der Waals surface area contributed by atoms with Crippen molar-refractivity contribution in [2.45, 2.75) is 44.4 Å². The van der Waals surface area contributed by atoms with Gasteiger partial charge in [-0.3, -0.25) is 0 Å². The SMILES string of the molecule is CC1(C)c2ccccc2-c2cc(-n3c4ccccc4c4cc(-c5ccc6c(c5)-c5ccccc5C(C5=CC=CC(C7C=CC=CC7)C5)C6)ccc43)ccc21. The molecule has 0 radical (unpaired) electrons. The lowest BCUT2D eigenvalue weighted by molar-refractivity contribution is 0.456.